The smallest absolute Gasteiger partial charge is 0.258 e. The normalized spacial score (nSPS) is 11.8. The van der Waals surface area contributed by atoms with Gasteiger partial charge in [0.15, 0.2) is 0 Å². The van der Waals surface area contributed by atoms with Crippen LogP contribution in [0.3, 0.4) is 0 Å². The molecule has 0 aromatic heterocycles. The fraction of sp³-hybridized carbons (Fsp3) is 0. The summed E-state index contributed by atoms with van der Waals surface area (Å²) in [6.45, 7) is 0. The molecule has 0 heterocycles. The van der Waals surface area contributed by atoms with Crippen molar-refractivity contribution in [2.45, 2.75) is 0 Å². The summed E-state index contributed by atoms with van der Waals surface area (Å²) in [4.78, 5) is 9.94. The molecular formula is C8H8N2O4S. The first-order valence-corrected chi connectivity index (χ1v) is 5.45. The van der Waals surface area contributed by atoms with Gasteiger partial charge in [-0.15, -0.1) is 0 Å². The van der Waals surface area contributed by atoms with E-state index in [0.717, 1.165) is 11.5 Å². The van der Waals surface area contributed by atoms with Crippen LogP contribution in [0.25, 0.3) is 6.08 Å². The Labute approximate surface area is 86.2 Å². The van der Waals surface area contributed by atoms with Crippen molar-refractivity contribution in [3.05, 3.63) is 45.4 Å². The molecule has 80 valence electrons. The molecule has 0 atom stereocenters. The zero-order chi connectivity index (χ0) is 11.5. The van der Waals surface area contributed by atoms with Crippen LogP contribution in [0.4, 0.5) is 5.69 Å². The Balaban J connectivity index is 3.16. The van der Waals surface area contributed by atoms with E-state index in [-0.39, 0.29) is 11.3 Å². The first kappa shape index (κ1) is 11.3. The van der Waals surface area contributed by atoms with Crippen LogP contribution >= 0.6 is 0 Å². The fourth-order valence-corrected chi connectivity index (χ4v) is 1.30. The molecule has 0 aliphatic heterocycles. The van der Waals surface area contributed by atoms with Crippen molar-refractivity contribution in [2.75, 3.05) is 0 Å². The van der Waals surface area contributed by atoms with Crippen LogP contribution in [-0.2, 0) is 10.0 Å². The van der Waals surface area contributed by atoms with Crippen LogP contribution in [-0.4, -0.2) is 13.3 Å². The largest absolute Gasteiger partial charge is 0.276 e. The standard InChI is InChI=1S/C8H8N2O4S/c9-15(13,14)6-5-7-3-1-2-4-8(7)10(11)12/h1-6H,(H2,9,13,14)/b6-5+. The predicted octanol–water partition coefficient (Wildman–Crippen LogP) is 0.854. The summed E-state index contributed by atoms with van der Waals surface area (Å²) in [5.41, 5.74) is 0.0222. The van der Waals surface area contributed by atoms with Crippen LogP contribution in [0.15, 0.2) is 29.7 Å². The highest BCUT2D eigenvalue weighted by atomic mass is 32.2. The molecule has 0 saturated heterocycles. The van der Waals surface area contributed by atoms with Crippen LogP contribution in [0, 0.1) is 10.1 Å². The summed E-state index contributed by atoms with van der Waals surface area (Å²) in [6.07, 6.45) is 1.09. The molecule has 1 rings (SSSR count). The summed E-state index contributed by atoms with van der Waals surface area (Å²) in [5.74, 6) is 0. The van der Waals surface area contributed by atoms with E-state index in [9.17, 15) is 18.5 Å². The van der Waals surface area contributed by atoms with Crippen LogP contribution in [0.2, 0.25) is 0 Å². The molecule has 0 aliphatic carbocycles. The van der Waals surface area contributed by atoms with Crippen LogP contribution in [0.1, 0.15) is 5.56 Å². The zero-order valence-electron chi connectivity index (χ0n) is 7.53. The number of primary sulfonamides is 1. The highest BCUT2D eigenvalue weighted by Crippen LogP contribution is 2.18. The van der Waals surface area contributed by atoms with Crippen molar-refractivity contribution in [2.24, 2.45) is 5.14 Å². The summed E-state index contributed by atoms with van der Waals surface area (Å²) in [5, 5.41) is 16.0. The summed E-state index contributed by atoms with van der Waals surface area (Å²) < 4.78 is 21.2. The number of sulfonamides is 1. The van der Waals surface area contributed by atoms with Crippen molar-refractivity contribution < 1.29 is 13.3 Å². The molecule has 0 unspecified atom stereocenters. The molecular weight excluding hydrogens is 220 g/mol. The Hall–Kier alpha value is -1.73. The molecule has 1 aromatic rings. The molecule has 0 aliphatic rings. The Morgan fingerprint density at radius 2 is 1.93 bits per heavy atom. The van der Waals surface area contributed by atoms with Crippen LogP contribution < -0.4 is 5.14 Å². The molecule has 0 saturated carbocycles. The maximum atomic E-state index is 10.6. The second-order valence-electron chi connectivity index (χ2n) is 2.71. The van der Waals surface area contributed by atoms with Gasteiger partial charge in [0.2, 0.25) is 10.0 Å². The lowest BCUT2D eigenvalue weighted by Crippen LogP contribution is -2.06. The van der Waals surface area contributed by atoms with Crippen LogP contribution in [0.5, 0.6) is 0 Å². The van der Waals surface area contributed by atoms with Gasteiger partial charge in [0, 0.05) is 11.5 Å². The minimum absolute atomic E-state index is 0.169. The summed E-state index contributed by atoms with van der Waals surface area (Å²) in [6, 6.07) is 5.77. The molecule has 7 heteroatoms. The van der Waals surface area contributed by atoms with E-state index in [4.69, 9.17) is 5.14 Å². The Morgan fingerprint density at radius 1 is 1.33 bits per heavy atom. The first-order valence-electron chi connectivity index (χ1n) is 3.84. The maximum absolute atomic E-state index is 10.6. The van der Waals surface area contributed by atoms with Gasteiger partial charge in [-0.05, 0) is 12.1 Å². The summed E-state index contributed by atoms with van der Waals surface area (Å²) >= 11 is 0. The Morgan fingerprint density at radius 3 is 2.47 bits per heavy atom. The minimum atomic E-state index is -3.77. The maximum Gasteiger partial charge on any atom is 0.276 e. The average Bonchev–Trinajstić information content (AvgIpc) is 2.14. The highest BCUT2D eigenvalue weighted by Gasteiger charge is 2.09. The molecule has 0 fully saturated rings. The average molecular weight is 228 g/mol. The molecule has 0 radical (unpaired) electrons. The number of hydrogen-bond donors (Lipinski definition) is 1. The summed E-state index contributed by atoms with van der Waals surface area (Å²) in [7, 11) is -3.77. The number of hydrogen-bond acceptors (Lipinski definition) is 4. The topological polar surface area (TPSA) is 103 Å². The third-order valence-corrected chi connectivity index (χ3v) is 2.09. The third kappa shape index (κ3) is 3.49. The zero-order valence-corrected chi connectivity index (χ0v) is 8.35. The van der Waals surface area contributed by atoms with Gasteiger partial charge in [-0.25, -0.2) is 13.6 Å². The Kier molecular flexibility index (Phi) is 3.17. The lowest BCUT2D eigenvalue weighted by atomic mass is 10.2. The second kappa shape index (κ2) is 4.20. The van der Waals surface area contributed by atoms with E-state index in [2.05, 4.69) is 0 Å². The number of nitrogens with two attached hydrogens (primary N) is 1. The lowest BCUT2D eigenvalue weighted by molar-refractivity contribution is -0.385. The molecule has 1 aromatic carbocycles. The van der Waals surface area contributed by atoms with Gasteiger partial charge in [-0.3, -0.25) is 10.1 Å². The first-order chi connectivity index (χ1) is 6.90. The number of nitrogens with zero attached hydrogens (tertiary/aromatic N) is 1. The molecule has 0 amide bonds. The van der Waals surface area contributed by atoms with E-state index in [1.165, 1.54) is 18.2 Å². The predicted molar refractivity (Wildman–Crippen MR) is 55.2 cm³/mol. The fourth-order valence-electron chi connectivity index (χ4n) is 0.963. The van der Waals surface area contributed by atoms with Crippen molar-refractivity contribution in [1.29, 1.82) is 0 Å². The van der Waals surface area contributed by atoms with E-state index < -0.39 is 14.9 Å². The quantitative estimate of drug-likeness (QED) is 0.611. The Bertz CT molecular complexity index is 507. The van der Waals surface area contributed by atoms with Crippen molar-refractivity contribution in [1.82, 2.24) is 0 Å². The van der Waals surface area contributed by atoms with Gasteiger partial charge in [-0.2, -0.15) is 0 Å². The number of nitro groups is 1. The molecule has 15 heavy (non-hydrogen) atoms. The van der Waals surface area contributed by atoms with E-state index in [0.29, 0.717) is 0 Å². The molecule has 0 bridgehead atoms. The number of para-hydroxylation sites is 1. The van der Waals surface area contributed by atoms with E-state index in [1.54, 1.807) is 6.07 Å². The lowest BCUT2D eigenvalue weighted by Gasteiger charge is -1.95. The van der Waals surface area contributed by atoms with Gasteiger partial charge in [0.25, 0.3) is 5.69 Å². The van der Waals surface area contributed by atoms with Gasteiger partial charge >= 0.3 is 0 Å². The van der Waals surface area contributed by atoms with Crippen molar-refractivity contribution in [3.8, 4) is 0 Å². The van der Waals surface area contributed by atoms with Crippen molar-refractivity contribution >= 4 is 21.8 Å². The number of rotatable bonds is 3. The van der Waals surface area contributed by atoms with Crippen molar-refractivity contribution in [3.63, 3.8) is 0 Å². The van der Waals surface area contributed by atoms with Gasteiger partial charge in [0.1, 0.15) is 0 Å². The number of benzene rings is 1. The van der Waals surface area contributed by atoms with Gasteiger partial charge in [-0.1, -0.05) is 12.1 Å². The highest BCUT2D eigenvalue weighted by molar-refractivity contribution is 7.92. The van der Waals surface area contributed by atoms with Gasteiger partial charge in [0.05, 0.1) is 10.5 Å². The third-order valence-electron chi connectivity index (χ3n) is 1.57. The monoisotopic (exact) mass is 228 g/mol. The molecule has 2 N–H and O–H groups in total. The molecule has 6 nitrogen and oxygen atoms in total. The minimum Gasteiger partial charge on any atom is -0.258 e. The van der Waals surface area contributed by atoms with E-state index >= 15 is 0 Å². The van der Waals surface area contributed by atoms with Gasteiger partial charge < -0.3 is 0 Å². The second-order valence-corrected chi connectivity index (χ2v) is 4.16. The molecule has 0 spiro atoms. The van der Waals surface area contributed by atoms with E-state index in [1.807, 2.05) is 0 Å². The SMILES string of the molecule is NS(=O)(=O)/C=C/c1ccccc1[N+](=O)[O-]. The number of nitro benzene ring substituents is 1.